The second kappa shape index (κ2) is 6.51. The maximum absolute atomic E-state index is 12.3. The van der Waals surface area contributed by atoms with Crippen molar-refractivity contribution < 1.29 is 19.7 Å². The van der Waals surface area contributed by atoms with Crippen LogP contribution >= 0.6 is 11.6 Å². The fourth-order valence-electron chi connectivity index (χ4n) is 2.39. The summed E-state index contributed by atoms with van der Waals surface area (Å²) in [4.78, 5) is 12.3. The SMILES string of the molecule is O=C(Oc1ccc(O)cc1Cl)C1(O)C=CC(c2ccccc2)=CC1. The third-order valence-electron chi connectivity index (χ3n) is 3.75. The molecule has 5 heteroatoms. The lowest BCUT2D eigenvalue weighted by molar-refractivity contribution is -0.150. The van der Waals surface area contributed by atoms with Crippen LogP contribution < -0.4 is 4.74 Å². The quantitative estimate of drug-likeness (QED) is 0.659. The molecule has 1 aliphatic rings. The molecule has 0 bridgehead atoms. The summed E-state index contributed by atoms with van der Waals surface area (Å²) in [6.07, 6.45) is 5.00. The Bertz CT molecular complexity index is 827. The summed E-state index contributed by atoms with van der Waals surface area (Å²) in [7, 11) is 0. The number of rotatable bonds is 3. The van der Waals surface area contributed by atoms with Gasteiger partial charge in [-0.25, -0.2) is 4.79 Å². The Morgan fingerprint density at radius 3 is 2.54 bits per heavy atom. The molecule has 0 radical (unpaired) electrons. The predicted molar refractivity (Wildman–Crippen MR) is 91.9 cm³/mol. The summed E-state index contributed by atoms with van der Waals surface area (Å²) >= 11 is 5.91. The molecule has 0 spiro atoms. The first-order chi connectivity index (χ1) is 11.5. The number of phenols is 1. The number of carbonyl (C=O) groups is 1. The van der Waals surface area contributed by atoms with E-state index in [0.29, 0.717) is 0 Å². The molecule has 2 N–H and O–H groups in total. The van der Waals surface area contributed by atoms with Gasteiger partial charge in [0.2, 0.25) is 0 Å². The van der Waals surface area contributed by atoms with Gasteiger partial charge in [0.25, 0.3) is 0 Å². The van der Waals surface area contributed by atoms with E-state index in [-0.39, 0.29) is 22.9 Å². The smallest absolute Gasteiger partial charge is 0.347 e. The van der Waals surface area contributed by atoms with Crippen LogP contribution in [0.1, 0.15) is 12.0 Å². The van der Waals surface area contributed by atoms with Gasteiger partial charge in [0.15, 0.2) is 5.60 Å². The molecule has 2 aromatic carbocycles. The number of carbonyl (C=O) groups excluding carboxylic acids is 1. The van der Waals surface area contributed by atoms with E-state index < -0.39 is 11.6 Å². The second-order valence-corrected chi connectivity index (χ2v) is 5.90. The molecule has 0 aromatic heterocycles. The standard InChI is InChI=1S/C19H15ClO4/c20-16-12-15(21)6-7-17(16)24-18(22)19(23)10-8-14(9-11-19)13-4-2-1-3-5-13/h1-10,12,21,23H,11H2. The number of aliphatic hydroxyl groups is 1. The van der Waals surface area contributed by atoms with Gasteiger partial charge in [-0.2, -0.15) is 0 Å². The summed E-state index contributed by atoms with van der Waals surface area (Å²) in [5.41, 5.74) is 0.181. The molecule has 0 saturated heterocycles. The van der Waals surface area contributed by atoms with Crippen molar-refractivity contribution in [3.05, 3.63) is 77.3 Å². The van der Waals surface area contributed by atoms with E-state index in [4.69, 9.17) is 16.3 Å². The van der Waals surface area contributed by atoms with Crippen LogP contribution in [0.25, 0.3) is 5.57 Å². The Kier molecular flexibility index (Phi) is 4.42. The molecule has 0 fully saturated rings. The van der Waals surface area contributed by atoms with Gasteiger partial charge in [0, 0.05) is 12.5 Å². The Balaban J connectivity index is 1.74. The third-order valence-corrected chi connectivity index (χ3v) is 4.05. The minimum absolute atomic E-state index is 0.0356. The number of esters is 1. The second-order valence-electron chi connectivity index (χ2n) is 5.49. The van der Waals surface area contributed by atoms with Crippen molar-refractivity contribution in [2.45, 2.75) is 12.0 Å². The van der Waals surface area contributed by atoms with Crippen molar-refractivity contribution in [1.29, 1.82) is 0 Å². The van der Waals surface area contributed by atoms with Crippen molar-refractivity contribution in [3.8, 4) is 11.5 Å². The van der Waals surface area contributed by atoms with Crippen molar-refractivity contribution in [3.63, 3.8) is 0 Å². The molecule has 0 heterocycles. The van der Waals surface area contributed by atoms with E-state index in [1.165, 1.54) is 24.3 Å². The van der Waals surface area contributed by atoms with Gasteiger partial charge in [-0.3, -0.25) is 0 Å². The molecule has 3 rings (SSSR count). The maximum atomic E-state index is 12.3. The Morgan fingerprint density at radius 2 is 1.92 bits per heavy atom. The first-order valence-electron chi connectivity index (χ1n) is 7.36. The fraction of sp³-hybridized carbons (Fsp3) is 0.105. The summed E-state index contributed by atoms with van der Waals surface area (Å²) in [6, 6.07) is 13.7. The van der Waals surface area contributed by atoms with Crippen LogP contribution in [-0.4, -0.2) is 21.8 Å². The number of hydrogen-bond donors (Lipinski definition) is 2. The van der Waals surface area contributed by atoms with E-state index >= 15 is 0 Å². The molecule has 1 aliphatic carbocycles. The average molecular weight is 343 g/mol. The first kappa shape index (κ1) is 16.3. The summed E-state index contributed by atoms with van der Waals surface area (Å²) in [5, 5.41) is 19.9. The van der Waals surface area contributed by atoms with Gasteiger partial charge < -0.3 is 14.9 Å². The average Bonchev–Trinajstić information content (AvgIpc) is 2.59. The van der Waals surface area contributed by atoms with Gasteiger partial charge >= 0.3 is 5.97 Å². The van der Waals surface area contributed by atoms with E-state index in [1.54, 1.807) is 12.2 Å². The Hall–Kier alpha value is -2.56. The molecule has 24 heavy (non-hydrogen) atoms. The monoisotopic (exact) mass is 342 g/mol. The number of aromatic hydroxyl groups is 1. The molecule has 0 aliphatic heterocycles. The number of phenolic OH excluding ortho intramolecular Hbond substituents is 1. The largest absolute Gasteiger partial charge is 0.508 e. The zero-order chi connectivity index (χ0) is 17.2. The summed E-state index contributed by atoms with van der Waals surface area (Å²) < 4.78 is 5.17. The van der Waals surface area contributed by atoms with Gasteiger partial charge in [-0.05, 0) is 29.3 Å². The lowest BCUT2D eigenvalue weighted by atomic mass is 9.89. The summed E-state index contributed by atoms with van der Waals surface area (Å²) in [6.45, 7) is 0. The highest BCUT2D eigenvalue weighted by Gasteiger charge is 2.36. The van der Waals surface area contributed by atoms with E-state index in [2.05, 4.69) is 0 Å². The van der Waals surface area contributed by atoms with E-state index in [1.807, 2.05) is 30.3 Å². The summed E-state index contributed by atoms with van der Waals surface area (Å²) in [5.74, 6) is -0.777. The van der Waals surface area contributed by atoms with Crippen molar-refractivity contribution in [2.75, 3.05) is 0 Å². The van der Waals surface area contributed by atoms with E-state index in [0.717, 1.165) is 11.1 Å². The van der Waals surface area contributed by atoms with Crippen LogP contribution in [0, 0.1) is 0 Å². The minimum Gasteiger partial charge on any atom is -0.508 e. The molecular formula is C19H15ClO4. The number of halogens is 1. The minimum atomic E-state index is -1.75. The molecule has 1 unspecified atom stereocenters. The van der Waals surface area contributed by atoms with Crippen LogP contribution in [-0.2, 0) is 4.79 Å². The molecule has 0 amide bonds. The highest BCUT2D eigenvalue weighted by Crippen LogP contribution is 2.32. The van der Waals surface area contributed by atoms with Crippen molar-refractivity contribution in [2.24, 2.45) is 0 Å². The van der Waals surface area contributed by atoms with Gasteiger partial charge in [0.1, 0.15) is 11.5 Å². The lowest BCUT2D eigenvalue weighted by Crippen LogP contribution is -2.40. The molecule has 1 atom stereocenters. The third kappa shape index (κ3) is 3.35. The lowest BCUT2D eigenvalue weighted by Gasteiger charge is -2.24. The molecule has 122 valence electrons. The number of allylic oxidation sites excluding steroid dienone is 2. The maximum Gasteiger partial charge on any atom is 0.347 e. The highest BCUT2D eigenvalue weighted by atomic mass is 35.5. The van der Waals surface area contributed by atoms with Crippen molar-refractivity contribution >= 4 is 23.1 Å². The first-order valence-corrected chi connectivity index (χ1v) is 7.74. The van der Waals surface area contributed by atoms with Gasteiger partial charge in [-0.15, -0.1) is 0 Å². The van der Waals surface area contributed by atoms with Crippen LogP contribution in [0.15, 0.2) is 66.8 Å². The normalized spacial score (nSPS) is 19.7. The zero-order valence-corrected chi connectivity index (χ0v) is 13.4. The van der Waals surface area contributed by atoms with Crippen molar-refractivity contribution in [1.82, 2.24) is 0 Å². The Morgan fingerprint density at radius 1 is 1.17 bits per heavy atom. The number of ether oxygens (including phenoxy) is 1. The highest BCUT2D eigenvalue weighted by molar-refractivity contribution is 6.32. The van der Waals surface area contributed by atoms with E-state index in [9.17, 15) is 15.0 Å². The van der Waals surface area contributed by atoms with Crippen LogP contribution in [0.5, 0.6) is 11.5 Å². The van der Waals surface area contributed by atoms with Crippen LogP contribution in [0.4, 0.5) is 0 Å². The zero-order valence-electron chi connectivity index (χ0n) is 12.6. The fourth-order valence-corrected chi connectivity index (χ4v) is 2.60. The predicted octanol–water partition coefficient (Wildman–Crippen LogP) is 3.73. The Labute approximate surface area is 144 Å². The van der Waals surface area contributed by atoms with Gasteiger partial charge in [0.05, 0.1) is 5.02 Å². The molecule has 2 aromatic rings. The topological polar surface area (TPSA) is 66.8 Å². The number of hydrogen-bond acceptors (Lipinski definition) is 4. The van der Waals surface area contributed by atoms with Crippen LogP contribution in [0.2, 0.25) is 5.02 Å². The molecular weight excluding hydrogens is 328 g/mol. The van der Waals surface area contributed by atoms with Crippen LogP contribution in [0.3, 0.4) is 0 Å². The van der Waals surface area contributed by atoms with Gasteiger partial charge in [-0.1, -0.05) is 54.1 Å². The molecule has 4 nitrogen and oxygen atoms in total. The molecule has 0 saturated carbocycles. The number of benzene rings is 2.